The van der Waals surface area contributed by atoms with Crippen LogP contribution in [-0.4, -0.2) is 23.5 Å². The molecular weight excluding hydrogens is 440 g/mol. The number of anilines is 2. The monoisotopic (exact) mass is 458 g/mol. The minimum atomic E-state index is -0.357. The quantitative estimate of drug-likeness (QED) is 0.389. The summed E-state index contributed by atoms with van der Waals surface area (Å²) in [7, 11) is 0. The molecule has 3 amide bonds. The third-order valence-electron chi connectivity index (χ3n) is 6.36. The van der Waals surface area contributed by atoms with E-state index in [1.807, 2.05) is 30.3 Å². The molecule has 1 N–H and O–H groups in total. The molecule has 0 saturated carbocycles. The maximum atomic E-state index is 12.7. The summed E-state index contributed by atoms with van der Waals surface area (Å²) in [6.45, 7) is 0. The molecule has 0 aromatic heterocycles. The van der Waals surface area contributed by atoms with Crippen LogP contribution in [0.15, 0.2) is 91.0 Å². The van der Waals surface area contributed by atoms with E-state index in [-0.39, 0.29) is 29.9 Å². The molecule has 6 heteroatoms. The fourth-order valence-electron chi connectivity index (χ4n) is 4.68. The SMILES string of the molecule is O=C(Cc1ccc(N2C(=O)c3ccccc3C2=O)cc1)Nc1ccc2c(c1)C(=O)c1ccccc1-2. The van der Waals surface area contributed by atoms with Crippen LogP contribution in [0.4, 0.5) is 11.4 Å². The van der Waals surface area contributed by atoms with E-state index in [0.717, 1.165) is 21.6 Å². The van der Waals surface area contributed by atoms with Crippen LogP contribution < -0.4 is 10.2 Å². The number of imide groups is 1. The Labute approximate surface area is 200 Å². The summed E-state index contributed by atoms with van der Waals surface area (Å²) in [5, 5.41) is 2.85. The minimum absolute atomic E-state index is 0.0459. The van der Waals surface area contributed by atoms with E-state index in [2.05, 4.69) is 5.32 Å². The van der Waals surface area contributed by atoms with Gasteiger partial charge in [-0.05, 0) is 53.1 Å². The van der Waals surface area contributed by atoms with Crippen molar-refractivity contribution in [2.45, 2.75) is 6.42 Å². The second-order valence-electron chi connectivity index (χ2n) is 8.52. The zero-order valence-corrected chi connectivity index (χ0v) is 18.4. The van der Waals surface area contributed by atoms with Gasteiger partial charge in [-0.3, -0.25) is 19.2 Å². The molecule has 4 aromatic rings. The number of fused-ring (bicyclic) bond motifs is 4. The summed E-state index contributed by atoms with van der Waals surface area (Å²) >= 11 is 0. The number of carbonyl (C=O) groups is 4. The lowest BCUT2D eigenvalue weighted by molar-refractivity contribution is -0.115. The predicted octanol–water partition coefficient (Wildman–Crippen LogP) is 4.88. The Morgan fingerprint density at radius 3 is 1.86 bits per heavy atom. The van der Waals surface area contributed by atoms with Crippen LogP contribution in [0.1, 0.15) is 42.2 Å². The fraction of sp³-hybridized carbons (Fsp3) is 0.0345. The molecule has 0 radical (unpaired) electrons. The summed E-state index contributed by atoms with van der Waals surface area (Å²) in [5.41, 5.74) is 5.53. The minimum Gasteiger partial charge on any atom is -0.326 e. The highest BCUT2D eigenvalue weighted by atomic mass is 16.2. The zero-order valence-electron chi connectivity index (χ0n) is 18.4. The van der Waals surface area contributed by atoms with Crippen molar-refractivity contribution in [2.24, 2.45) is 0 Å². The average Bonchev–Trinajstić information content (AvgIpc) is 3.30. The third-order valence-corrected chi connectivity index (χ3v) is 6.36. The molecule has 0 bridgehead atoms. The van der Waals surface area contributed by atoms with Gasteiger partial charge in [0.2, 0.25) is 5.91 Å². The standard InChI is InChI=1S/C29H18N2O4/c32-26(30-18-11-14-21-20-5-1-2-6-22(20)27(33)25(21)16-18)15-17-9-12-19(13-10-17)31-28(34)23-7-3-4-8-24(23)29(31)35/h1-14,16H,15H2,(H,30,32). The molecule has 1 aliphatic carbocycles. The lowest BCUT2D eigenvalue weighted by Gasteiger charge is -2.14. The van der Waals surface area contributed by atoms with Gasteiger partial charge in [0.05, 0.1) is 23.2 Å². The molecule has 0 fully saturated rings. The smallest absolute Gasteiger partial charge is 0.266 e. The van der Waals surface area contributed by atoms with Crippen LogP contribution in [0.2, 0.25) is 0 Å². The molecule has 4 aromatic carbocycles. The number of carbonyl (C=O) groups excluding carboxylic acids is 4. The summed E-state index contributed by atoms with van der Waals surface area (Å²) in [6.07, 6.45) is 0.105. The molecule has 0 atom stereocenters. The van der Waals surface area contributed by atoms with Crippen molar-refractivity contribution in [1.29, 1.82) is 0 Å². The largest absolute Gasteiger partial charge is 0.326 e. The molecule has 168 valence electrons. The van der Waals surface area contributed by atoms with Crippen LogP contribution in [0.5, 0.6) is 0 Å². The predicted molar refractivity (Wildman–Crippen MR) is 132 cm³/mol. The van der Waals surface area contributed by atoms with E-state index < -0.39 is 0 Å². The van der Waals surface area contributed by atoms with Crippen LogP contribution in [0.3, 0.4) is 0 Å². The second-order valence-corrected chi connectivity index (χ2v) is 8.52. The number of nitrogens with zero attached hydrogens (tertiary/aromatic N) is 1. The first-order chi connectivity index (χ1) is 17.0. The highest BCUT2D eigenvalue weighted by Crippen LogP contribution is 2.37. The number of benzene rings is 4. The number of hydrogen-bond acceptors (Lipinski definition) is 4. The van der Waals surface area contributed by atoms with Gasteiger partial charge < -0.3 is 5.32 Å². The van der Waals surface area contributed by atoms with Gasteiger partial charge in [-0.1, -0.05) is 54.6 Å². The lowest BCUT2D eigenvalue weighted by Crippen LogP contribution is -2.29. The molecule has 0 saturated heterocycles. The maximum absolute atomic E-state index is 12.7. The molecule has 35 heavy (non-hydrogen) atoms. The fourth-order valence-corrected chi connectivity index (χ4v) is 4.68. The Hall–Kier alpha value is -4.84. The molecule has 6 rings (SSSR count). The van der Waals surface area contributed by atoms with Gasteiger partial charge >= 0.3 is 0 Å². The van der Waals surface area contributed by atoms with Crippen LogP contribution in [0.25, 0.3) is 11.1 Å². The first-order valence-electron chi connectivity index (χ1n) is 11.2. The Balaban J connectivity index is 1.15. The number of amides is 3. The van der Waals surface area contributed by atoms with E-state index in [0.29, 0.717) is 33.6 Å². The molecular formula is C29H18N2O4. The maximum Gasteiger partial charge on any atom is 0.266 e. The van der Waals surface area contributed by atoms with Crippen molar-refractivity contribution in [2.75, 3.05) is 10.2 Å². The van der Waals surface area contributed by atoms with E-state index in [1.54, 1.807) is 60.7 Å². The van der Waals surface area contributed by atoms with Gasteiger partial charge in [0.15, 0.2) is 5.78 Å². The molecule has 2 aliphatic rings. The van der Waals surface area contributed by atoms with Gasteiger partial charge in [-0.15, -0.1) is 0 Å². The van der Waals surface area contributed by atoms with E-state index >= 15 is 0 Å². The second kappa shape index (κ2) is 7.88. The van der Waals surface area contributed by atoms with E-state index in [4.69, 9.17) is 0 Å². The van der Waals surface area contributed by atoms with Crippen molar-refractivity contribution in [3.63, 3.8) is 0 Å². The zero-order chi connectivity index (χ0) is 24.1. The summed E-state index contributed by atoms with van der Waals surface area (Å²) in [6, 6.07) is 26.3. The van der Waals surface area contributed by atoms with Crippen molar-refractivity contribution in [3.8, 4) is 11.1 Å². The normalized spacial score (nSPS) is 13.5. The topological polar surface area (TPSA) is 83.6 Å². The molecule has 1 aliphatic heterocycles. The van der Waals surface area contributed by atoms with Gasteiger partial charge in [0.1, 0.15) is 0 Å². The summed E-state index contributed by atoms with van der Waals surface area (Å²) in [5.74, 6) is -0.995. The van der Waals surface area contributed by atoms with Gasteiger partial charge in [0.25, 0.3) is 11.8 Å². The van der Waals surface area contributed by atoms with Gasteiger partial charge in [-0.2, -0.15) is 0 Å². The summed E-state index contributed by atoms with van der Waals surface area (Å²) in [4.78, 5) is 51.9. The van der Waals surface area contributed by atoms with Crippen LogP contribution >= 0.6 is 0 Å². The lowest BCUT2D eigenvalue weighted by atomic mass is 10.1. The Morgan fingerprint density at radius 2 is 1.20 bits per heavy atom. The van der Waals surface area contributed by atoms with Gasteiger partial charge in [0, 0.05) is 16.8 Å². The van der Waals surface area contributed by atoms with Crippen molar-refractivity contribution < 1.29 is 19.2 Å². The first kappa shape index (κ1) is 20.7. The molecule has 6 nitrogen and oxygen atoms in total. The average molecular weight is 458 g/mol. The summed E-state index contributed by atoms with van der Waals surface area (Å²) < 4.78 is 0. The molecule has 0 spiro atoms. The molecule has 1 heterocycles. The Kier molecular flexibility index (Phi) is 4.67. The number of nitrogens with one attached hydrogen (secondary N) is 1. The Morgan fingerprint density at radius 1 is 0.629 bits per heavy atom. The van der Waals surface area contributed by atoms with E-state index in [1.165, 1.54) is 0 Å². The Bertz CT molecular complexity index is 1540. The highest BCUT2D eigenvalue weighted by Gasteiger charge is 2.36. The first-order valence-corrected chi connectivity index (χ1v) is 11.2. The number of rotatable bonds is 4. The van der Waals surface area contributed by atoms with Crippen molar-refractivity contribution >= 4 is 34.9 Å². The van der Waals surface area contributed by atoms with E-state index in [9.17, 15) is 19.2 Å². The number of hydrogen-bond donors (Lipinski definition) is 1. The third kappa shape index (κ3) is 3.35. The molecule has 0 unspecified atom stereocenters. The van der Waals surface area contributed by atoms with Crippen molar-refractivity contribution in [1.82, 2.24) is 0 Å². The van der Waals surface area contributed by atoms with Gasteiger partial charge in [-0.25, -0.2) is 4.90 Å². The van der Waals surface area contributed by atoms with Crippen LogP contribution in [0, 0.1) is 0 Å². The van der Waals surface area contributed by atoms with Crippen LogP contribution in [-0.2, 0) is 11.2 Å². The number of ketones is 1. The van der Waals surface area contributed by atoms with Crippen molar-refractivity contribution in [3.05, 3.63) is 119 Å². The highest BCUT2D eigenvalue weighted by molar-refractivity contribution is 6.34.